The Morgan fingerprint density at radius 3 is 2.62 bits per heavy atom. The van der Waals surface area contributed by atoms with Crippen molar-refractivity contribution in [1.29, 1.82) is 0 Å². The molecule has 21 heavy (non-hydrogen) atoms. The van der Waals surface area contributed by atoms with Crippen molar-refractivity contribution in [1.82, 2.24) is 5.32 Å². The van der Waals surface area contributed by atoms with E-state index in [2.05, 4.69) is 49.5 Å². The molecular formula is C17H27NO2S. The average molecular weight is 309 g/mol. The van der Waals surface area contributed by atoms with Gasteiger partial charge < -0.3 is 5.32 Å². The van der Waals surface area contributed by atoms with Gasteiger partial charge in [0, 0.05) is 18.3 Å². The molecule has 3 nitrogen and oxygen atoms in total. The molecule has 0 saturated heterocycles. The fourth-order valence-electron chi connectivity index (χ4n) is 3.36. The number of rotatable bonds is 6. The van der Waals surface area contributed by atoms with Crippen LogP contribution >= 0.6 is 0 Å². The van der Waals surface area contributed by atoms with Crippen molar-refractivity contribution in [3.8, 4) is 0 Å². The molecule has 1 aromatic rings. The summed E-state index contributed by atoms with van der Waals surface area (Å²) in [5.74, 6) is 0.268. The van der Waals surface area contributed by atoms with E-state index in [4.69, 9.17) is 0 Å². The highest BCUT2D eigenvalue weighted by atomic mass is 32.2. The minimum absolute atomic E-state index is 0.246. The van der Waals surface area contributed by atoms with Gasteiger partial charge in [0.05, 0.1) is 5.75 Å². The highest BCUT2D eigenvalue weighted by molar-refractivity contribution is 7.90. The third kappa shape index (κ3) is 4.82. The van der Waals surface area contributed by atoms with E-state index in [0.29, 0.717) is 12.5 Å². The molecule has 0 bridgehead atoms. The topological polar surface area (TPSA) is 46.2 Å². The van der Waals surface area contributed by atoms with Gasteiger partial charge in [-0.2, -0.15) is 0 Å². The van der Waals surface area contributed by atoms with Crippen molar-refractivity contribution in [2.45, 2.75) is 57.0 Å². The largest absolute Gasteiger partial charge is 0.311 e. The Labute approximate surface area is 129 Å². The summed E-state index contributed by atoms with van der Waals surface area (Å²) in [5.41, 5.74) is 1.66. The van der Waals surface area contributed by atoms with Gasteiger partial charge in [-0.25, -0.2) is 8.42 Å². The van der Waals surface area contributed by atoms with E-state index in [1.807, 2.05) is 0 Å². The van der Waals surface area contributed by atoms with Crippen LogP contribution in [0.15, 0.2) is 30.3 Å². The second kappa shape index (κ2) is 6.49. The van der Waals surface area contributed by atoms with Crippen molar-refractivity contribution >= 4 is 9.84 Å². The van der Waals surface area contributed by atoms with Crippen molar-refractivity contribution in [3.63, 3.8) is 0 Å². The van der Waals surface area contributed by atoms with Crippen molar-refractivity contribution in [2.24, 2.45) is 0 Å². The zero-order valence-electron chi connectivity index (χ0n) is 13.3. The molecule has 118 valence electrons. The van der Waals surface area contributed by atoms with E-state index in [1.165, 1.54) is 18.2 Å². The molecule has 0 heterocycles. The lowest BCUT2D eigenvalue weighted by Gasteiger charge is -2.26. The Bertz CT molecular complexity index is 555. The number of sulfone groups is 1. The fourth-order valence-corrected chi connectivity index (χ4v) is 4.14. The molecule has 1 N–H and O–H groups in total. The summed E-state index contributed by atoms with van der Waals surface area (Å²) < 4.78 is 22.5. The molecular weight excluding hydrogens is 282 g/mol. The maximum atomic E-state index is 11.2. The van der Waals surface area contributed by atoms with Crippen LogP contribution in [0, 0.1) is 0 Å². The zero-order valence-corrected chi connectivity index (χ0v) is 14.1. The molecule has 2 rings (SSSR count). The summed E-state index contributed by atoms with van der Waals surface area (Å²) in [7, 11) is -2.86. The lowest BCUT2D eigenvalue weighted by molar-refractivity contribution is 0.412. The molecule has 3 atom stereocenters. The fraction of sp³-hybridized carbons (Fsp3) is 0.647. The van der Waals surface area contributed by atoms with Gasteiger partial charge in [0.25, 0.3) is 0 Å². The van der Waals surface area contributed by atoms with Crippen LogP contribution < -0.4 is 5.32 Å². The summed E-state index contributed by atoms with van der Waals surface area (Å²) in [6, 6.07) is 11.5. The quantitative estimate of drug-likeness (QED) is 0.879. The first-order valence-electron chi connectivity index (χ1n) is 7.78. The van der Waals surface area contributed by atoms with Gasteiger partial charge >= 0.3 is 0 Å². The molecule has 1 fully saturated rings. The van der Waals surface area contributed by atoms with E-state index in [1.54, 1.807) is 0 Å². The van der Waals surface area contributed by atoms with Gasteiger partial charge in [0.1, 0.15) is 9.84 Å². The van der Waals surface area contributed by atoms with E-state index >= 15 is 0 Å². The van der Waals surface area contributed by atoms with Crippen LogP contribution in [0.1, 0.15) is 45.1 Å². The minimum atomic E-state index is -2.86. The maximum absolute atomic E-state index is 11.2. The minimum Gasteiger partial charge on any atom is -0.311 e. The second-order valence-electron chi connectivity index (χ2n) is 6.85. The molecule has 1 aromatic carbocycles. The summed E-state index contributed by atoms with van der Waals surface area (Å²) in [6.07, 6.45) is 5.47. The van der Waals surface area contributed by atoms with Crippen LogP contribution in [0.2, 0.25) is 0 Å². The standard InChI is InChI=1S/C17H27NO2S/c1-14(10-12-21(3,19)20)18-16-9-11-17(2,13-16)15-7-5-4-6-8-15/h4-8,14,16,18H,9-13H2,1-3H3/t14-,16+,17+/m1/s1. The van der Waals surface area contributed by atoms with Gasteiger partial charge in [-0.05, 0) is 43.6 Å². The zero-order chi connectivity index (χ0) is 15.5. The Balaban J connectivity index is 1.88. The van der Waals surface area contributed by atoms with Crippen LogP contribution in [0.25, 0.3) is 0 Å². The monoisotopic (exact) mass is 309 g/mol. The normalized spacial score (nSPS) is 27.7. The van der Waals surface area contributed by atoms with E-state index < -0.39 is 9.84 Å². The molecule has 1 saturated carbocycles. The van der Waals surface area contributed by atoms with Gasteiger partial charge in [0.2, 0.25) is 0 Å². The smallest absolute Gasteiger partial charge is 0.147 e. The van der Waals surface area contributed by atoms with Crippen molar-refractivity contribution in [3.05, 3.63) is 35.9 Å². The molecule has 0 aliphatic heterocycles. The van der Waals surface area contributed by atoms with Crippen LogP contribution in [0.5, 0.6) is 0 Å². The van der Waals surface area contributed by atoms with Crippen molar-refractivity contribution in [2.75, 3.05) is 12.0 Å². The highest BCUT2D eigenvalue weighted by Crippen LogP contribution is 2.40. The summed E-state index contributed by atoms with van der Waals surface area (Å²) in [5, 5.41) is 3.61. The summed E-state index contributed by atoms with van der Waals surface area (Å²) >= 11 is 0. The molecule has 0 aromatic heterocycles. The van der Waals surface area contributed by atoms with Crippen LogP contribution in [-0.2, 0) is 15.3 Å². The third-order valence-electron chi connectivity index (χ3n) is 4.65. The molecule has 1 aliphatic carbocycles. The van der Waals surface area contributed by atoms with Gasteiger partial charge in [0.15, 0.2) is 0 Å². The average Bonchev–Trinajstić information content (AvgIpc) is 2.80. The lowest BCUT2D eigenvalue weighted by Crippen LogP contribution is -2.37. The van der Waals surface area contributed by atoms with Crippen LogP contribution in [-0.4, -0.2) is 32.5 Å². The Kier molecular flexibility index (Phi) is 5.10. The SMILES string of the molecule is C[C@H](CCS(C)(=O)=O)N[C@H]1CC[C@](C)(c2ccccc2)C1. The second-order valence-corrected chi connectivity index (χ2v) is 9.11. The summed E-state index contributed by atoms with van der Waals surface area (Å²) in [4.78, 5) is 0. The molecule has 4 heteroatoms. The van der Waals surface area contributed by atoms with E-state index in [9.17, 15) is 8.42 Å². The van der Waals surface area contributed by atoms with Gasteiger partial charge in [-0.3, -0.25) is 0 Å². The Morgan fingerprint density at radius 2 is 2.00 bits per heavy atom. The van der Waals surface area contributed by atoms with E-state index in [-0.39, 0.29) is 17.2 Å². The Morgan fingerprint density at radius 1 is 1.33 bits per heavy atom. The predicted molar refractivity (Wildman–Crippen MR) is 88.4 cm³/mol. The van der Waals surface area contributed by atoms with Crippen LogP contribution in [0.4, 0.5) is 0 Å². The molecule has 1 aliphatic rings. The third-order valence-corrected chi connectivity index (χ3v) is 5.63. The lowest BCUT2D eigenvalue weighted by atomic mass is 9.81. The first-order valence-corrected chi connectivity index (χ1v) is 9.84. The first-order chi connectivity index (χ1) is 9.78. The molecule has 0 unspecified atom stereocenters. The van der Waals surface area contributed by atoms with Crippen molar-refractivity contribution < 1.29 is 8.42 Å². The summed E-state index contributed by atoms with van der Waals surface area (Å²) in [6.45, 7) is 4.43. The molecule has 0 spiro atoms. The number of benzene rings is 1. The maximum Gasteiger partial charge on any atom is 0.147 e. The first kappa shape index (κ1) is 16.5. The highest BCUT2D eigenvalue weighted by Gasteiger charge is 2.36. The van der Waals surface area contributed by atoms with E-state index in [0.717, 1.165) is 12.8 Å². The number of hydrogen-bond donors (Lipinski definition) is 1. The van der Waals surface area contributed by atoms with Gasteiger partial charge in [-0.15, -0.1) is 0 Å². The predicted octanol–water partition coefficient (Wildman–Crippen LogP) is 2.91. The van der Waals surface area contributed by atoms with Gasteiger partial charge in [-0.1, -0.05) is 37.3 Å². The molecule has 0 amide bonds. The molecule has 0 radical (unpaired) electrons. The number of nitrogens with one attached hydrogen (secondary N) is 1. The van der Waals surface area contributed by atoms with Crippen LogP contribution in [0.3, 0.4) is 0 Å². The number of hydrogen-bond acceptors (Lipinski definition) is 3. The Hall–Kier alpha value is -0.870.